The second-order valence-electron chi connectivity index (χ2n) is 8.02. The van der Waals surface area contributed by atoms with E-state index in [-0.39, 0.29) is 30.1 Å². The molecule has 0 fully saturated rings. The molecule has 2 aromatic carbocycles. The number of phenolic OH excluding ortho intramolecular Hbond substituents is 1. The summed E-state index contributed by atoms with van der Waals surface area (Å²) in [4.78, 5) is 25.8. The lowest BCUT2D eigenvalue weighted by Crippen LogP contribution is -2.29. The summed E-state index contributed by atoms with van der Waals surface area (Å²) in [6.45, 7) is 1.78. The number of aliphatic hydroxyl groups is 1. The lowest BCUT2D eigenvalue weighted by Gasteiger charge is -2.21. The number of carbonyl (C=O) groups is 1. The Kier molecular flexibility index (Phi) is 7.96. The molecular weight excluding hydrogens is 438 g/mol. The van der Waals surface area contributed by atoms with Crippen LogP contribution in [0.15, 0.2) is 53.3 Å². The maximum Gasteiger partial charge on any atom is 0.306 e. The van der Waals surface area contributed by atoms with Crippen molar-refractivity contribution in [3.05, 3.63) is 86.8 Å². The Bertz CT molecular complexity index is 1220. The molecule has 8 nitrogen and oxygen atoms in total. The van der Waals surface area contributed by atoms with Gasteiger partial charge in [-0.1, -0.05) is 18.2 Å². The Hall–Kier alpha value is -3.78. The van der Waals surface area contributed by atoms with E-state index in [0.717, 1.165) is 5.56 Å². The lowest BCUT2D eigenvalue weighted by atomic mass is 9.87. The van der Waals surface area contributed by atoms with Crippen molar-refractivity contribution in [1.82, 2.24) is 4.57 Å². The van der Waals surface area contributed by atoms with Crippen LogP contribution in [0.4, 0.5) is 0 Å². The number of nitrogens with zero attached hydrogens (tertiary/aromatic N) is 1. The zero-order chi connectivity index (χ0) is 24.8. The molecule has 1 heterocycles. The molecule has 1 aromatic heterocycles. The maximum atomic E-state index is 13.6. The van der Waals surface area contributed by atoms with Gasteiger partial charge in [-0.3, -0.25) is 9.59 Å². The Balaban J connectivity index is 2.08. The number of aryl methyl sites for hydroxylation is 2. The van der Waals surface area contributed by atoms with Crippen LogP contribution in [0.1, 0.15) is 40.3 Å². The molecule has 0 spiro atoms. The fourth-order valence-corrected chi connectivity index (χ4v) is 4.05. The van der Waals surface area contributed by atoms with Gasteiger partial charge in [-0.25, -0.2) is 0 Å². The molecule has 8 heteroatoms. The number of benzene rings is 2. The molecule has 0 radical (unpaired) electrons. The number of aromatic nitrogens is 1. The number of aliphatic hydroxyl groups excluding tert-OH is 1. The zero-order valence-corrected chi connectivity index (χ0v) is 19.4. The van der Waals surface area contributed by atoms with Crippen molar-refractivity contribution in [2.75, 3.05) is 14.2 Å². The predicted molar refractivity (Wildman–Crippen MR) is 126 cm³/mol. The largest absolute Gasteiger partial charge is 0.508 e. The zero-order valence-electron chi connectivity index (χ0n) is 19.4. The van der Waals surface area contributed by atoms with Crippen molar-refractivity contribution in [3.63, 3.8) is 0 Å². The number of methoxy groups -OCH3 is 2. The highest BCUT2D eigenvalue weighted by Gasteiger charge is 2.27. The summed E-state index contributed by atoms with van der Waals surface area (Å²) in [7, 11) is 2.75. The molecular formula is C26H29NO7. The van der Waals surface area contributed by atoms with Crippen LogP contribution in [0.2, 0.25) is 0 Å². The molecule has 3 aromatic rings. The van der Waals surface area contributed by atoms with Crippen molar-refractivity contribution >= 4 is 5.97 Å². The maximum absolute atomic E-state index is 13.6. The van der Waals surface area contributed by atoms with Crippen LogP contribution in [-0.2, 0) is 29.1 Å². The predicted octanol–water partition coefficient (Wildman–Crippen LogP) is 3.01. The van der Waals surface area contributed by atoms with Gasteiger partial charge in [-0.15, -0.1) is 0 Å². The van der Waals surface area contributed by atoms with E-state index >= 15 is 0 Å². The van der Waals surface area contributed by atoms with Crippen LogP contribution < -0.4 is 10.3 Å². The van der Waals surface area contributed by atoms with E-state index in [1.54, 1.807) is 54.0 Å². The minimum Gasteiger partial charge on any atom is -0.508 e. The fourth-order valence-electron chi connectivity index (χ4n) is 4.05. The van der Waals surface area contributed by atoms with E-state index in [4.69, 9.17) is 9.47 Å². The summed E-state index contributed by atoms with van der Waals surface area (Å²) in [6.07, 6.45) is 0.363. The van der Waals surface area contributed by atoms with E-state index in [0.29, 0.717) is 35.5 Å². The summed E-state index contributed by atoms with van der Waals surface area (Å²) < 4.78 is 11.7. The number of aromatic hydroxyl groups is 2. The van der Waals surface area contributed by atoms with Crippen LogP contribution >= 0.6 is 0 Å². The molecule has 0 bridgehead atoms. The molecule has 180 valence electrons. The molecule has 0 aliphatic heterocycles. The molecule has 1 unspecified atom stereocenters. The van der Waals surface area contributed by atoms with Gasteiger partial charge < -0.3 is 29.4 Å². The van der Waals surface area contributed by atoms with Crippen molar-refractivity contribution in [2.24, 2.45) is 0 Å². The van der Waals surface area contributed by atoms with Crippen molar-refractivity contribution in [2.45, 2.75) is 38.8 Å². The quantitative estimate of drug-likeness (QED) is 0.414. The molecule has 0 saturated carbocycles. The van der Waals surface area contributed by atoms with E-state index in [2.05, 4.69) is 0 Å². The normalized spacial score (nSPS) is 11.8. The van der Waals surface area contributed by atoms with Crippen molar-refractivity contribution in [3.8, 4) is 17.2 Å². The number of pyridine rings is 1. The third-order valence-corrected chi connectivity index (χ3v) is 5.91. The highest BCUT2D eigenvalue weighted by atomic mass is 16.5. The highest BCUT2D eigenvalue weighted by molar-refractivity contribution is 5.71. The van der Waals surface area contributed by atoms with Crippen LogP contribution in [0.3, 0.4) is 0 Å². The summed E-state index contributed by atoms with van der Waals surface area (Å²) in [5, 5.41) is 30.0. The van der Waals surface area contributed by atoms with Gasteiger partial charge in [-0.2, -0.15) is 0 Å². The van der Waals surface area contributed by atoms with E-state index < -0.39 is 17.4 Å². The van der Waals surface area contributed by atoms with Crippen molar-refractivity contribution in [1.29, 1.82) is 0 Å². The Morgan fingerprint density at radius 3 is 2.38 bits per heavy atom. The molecule has 0 amide bonds. The third-order valence-electron chi connectivity index (χ3n) is 5.91. The van der Waals surface area contributed by atoms with Gasteiger partial charge in [0.15, 0.2) is 0 Å². The van der Waals surface area contributed by atoms with Crippen LogP contribution in [0, 0.1) is 6.92 Å². The monoisotopic (exact) mass is 467 g/mol. The number of esters is 1. The Morgan fingerprint density at radius 2 is 1.76 bits per heavy atom. The Labute approximate surface area is 197 Å². The lowest BCUT2D eigenvalue weighted by molar-refractivity contribution is -0.140. The van der Waals surface area contributed by atoms with Crippen LogP contribution in [-0.4, -0.2) is 40.1 Å². The molecule has 0 aliphatic rings. The van der Waals surface area contributed by atoms with Crippen LogP contribution in [0.25, 0.3) is 0 Å². The molecule has 3 N–H and O–H groups in total. The number of ether oxygens (including phenoxy) is 2. The van der Waals surface area contributed by atoms with E-state index in [9.17, 15) is 24.9 Å². The molecule has 1 atom stereocenters. The smallest absolute Gasteiger partial charge is 0.306 e. The van der Waals surface area contributed by atoms with Gasteiger partial charge >= 0.3 is 5.97 Å². The number of hydrogen-bond acceptors (Lipinski definition) is 7. The summed E-state index contributed by atoms with van der Waals surface area (Å²) in [5.41, 5.74) is 2.24. The first kappa shape index (κ1) is 24.9. The number of phenols is 1. The highest BCUT2D eigenvalue weighted by Crippen LogP contribution is 2.34. The van der Waals surface area contributed by atoms with Gasteiger partial charge in [0.2, 0.25) is 0 Å². The number of carbonyl (C=O) groups excluding carboxylic acids is 1. The first-order valence-electron chi connectivity index (χ1n) is 10.8. The van der Waals surface area contributed by atoms with Crippen molar-refractivity contribution < 1.29 is 29.6 Å². The summed E-state index contributed by atoms with van der Waals surface area (Å²) in [6, 6.07) is 13.3. The SMILES string of the molecule is COC(=O)CC(c1ccc(OC)c(CO)c1)c1c(O)cc(C)n(CCc2ccc(O)cc2)c1=O. The number of hydrogen-bond donors (Lipinski definition) is 3. The summed E-state index contributed by atoms with van der Waals surface area (Å²) in [5.74, 6) is -0.907. The minimum absolute atomic E-state index is 0.0794. The van der Waals surface area contributed by atoms with Gasteiger partial charge in [-0.05, 0) is 54.8 Å². The first-order chi connectivity index (χ1) is 16.3. The topological polar surface area (TPSA) is 118 Å². The molecule has 0 saturated heterocycles. The average molecular weight is 468 g/mol. The van der Waals surface area contributed by atoms with Gasteiger partial charge in [0, 0.05) is 23.7 Å². The summed E-state index contributed by atoms with van der Waals surface area (Å²) >= 11 is 0. The van der Waals surface area contributed by atoms with Gasteiger partial charge in [0.25, 0.3) is 5.56 Å². The molecule has 0 aliphatic carbocycles. The standard InChI is InChI=1S/C26H29NO7/c1-16-12-22(30)25(26(32)27(16)11-10-17-4-7-20(29)8-5-17)21(14-24(31)34-3)18-6-9-23(33-2)19(13-18)15-28/h4-9,12-13,21,28-30H,10-11,14-15H2,1-3H3. The number of rotatable bonds is 9. The van der Waals surface area contributed by atoms with Gasteiger partial charge in [0.05, 0.1) is 32.8 Å². The van der Waals surface area contributed by atoms with E-state index in [1.165, 1.54) is 20.3 Å². The first-order valence-corrected chi connectivity index (χ1v) is 10.8. The van der Waals surface area contributed by atoms with Crippen LogP contribution in [0.5, 0.6) is 17.2 Å². The second-order valence-corrected chi connectivity index (χ2v) is 8.02. The molecule has 3 rings (SSSR count). The molecule has 34 heavy (non-hydrogen) atoms. The average Bonchev–Trinajstić information content (AvgIpc) is 2.83. The fraction of sp³-hybridized carbons (Fsp3) is 0.308. The third kappa shape index (κ3) is 5.40. The second kappa shape index (κ2) is 10.9. The van der Waals surface area contributed by atoms with Gasteiger partial charge in [0.1, 0.15) is 17.2 Å². The Morgan fingerprint density at radius 1 is 1.06 bits per heavy atom. The van der Waals surface area contributed by atoms with E-state index in [1.807, 2.05) is 0 Å². The minimum atomic E-state index is -0.795.